The first-order valence-electron chi connectivity index (χ1n) is 6.54. The molecule has 1 aliphatic heterocycles. The van der Waals surface area contributed by atoms with Crippen LogP contribution >= 0.6 is 11.3 Å². The molecule has 1 N–H and O–H groups in total. The fourth-order valence-corrected chi connectivity index (χ4v) is 2.87. The van der Waals surface area contributed by atoms with E-state index in [-0.39, 0.29) is 0 Å². The van der Waals surface area contributed by atoms with Gasteiger partial charge < -0.3 is 14.8 Å². The van der Waals surface area contributed by atoms with E-state index in [1.165, 1.54) is 10.4 Å². The Labute approximate surface area is 117 Å². The van der Waals surface area contributed by atoms with Gasteiger partial charge in [-0.05, 0) is 23.9 Å². The van der Waals surface area contributed by atoms with Gasteiger partial charge in [-0.15, -0.1) is 11.3 Å². The van der Waals surface area contributed by atoms with Crippen molar-refractivity contribution < 1.29 is 9.47 Å². The first-order valence-corrected chi connectivity index (χ1v) is 7.42. The molecule has 0 saturated carbocycles. The van der Waals surface area contributed by atoms with Gasteiger partial charge >= 0.3 is 0 Å². The second kappa shape index (κ2) is 6.08. The van der Waals surface area contributed by atoms with Crippen LogP contribution in [-0.4, -0.2) is 19.8 Å². The van der Waals surface area contributed by atoms with Gasteiger partial charge in [0.05, 0.1) is 0 Å². The Morgan fingerprint density at radius 1 is 1.11 bits per heavy atom. The second-order valence-corrected chi connectivity index (χ2v) is 5.48. The predicted molar refractivity (Wildman–Crippen MR) is 77.2 cm³/mol. The Bertz CT molecular complexity index is 525. The van der Waals surface area contributed by atoms with Gasteiger partial charge in [-0.25, -0.2) is 0 Å². The molecule has 1 aromatic carbocycles. The van der Waals surface area contributed by atoms with Gasteiger partial charge in [0.1, 0.15) is 13.2 Å². The lowest BCUT2D eigenvalue weighted by atomic mass is 10.1. The van der Waals surface area contributed by atoms with E-state index in [4.69, 9.17) is 9.47 Å². The third kappa shape index (κ3) is 3.08. The van der Waals surface area contributed by atoms with Gasteiger partial charge in [0.15, 0.2) is 11.5 Å². The van der Waals surface area contributed by atoms with Gasteiger partial charge in [-0.1, -0.05) is 18.2 Å². The maximum absolute atomic E-state index is 5.69. The molecule has 19 heavy (non-hydrogen) atoms. The second-order valence-electron chi connectivity index (χ2n) is 4.45. The molecule has 3 nitrogen and oxygen atoms in total. The summed E-state index contributed by atoms with van der Waals surface area (Å²) in [5.74, 6) is 1.76. The zero-order valence-corrected chi connectivity index (χ0v) is 11.5. The van der Waals surface area contributed by atoms with E-state index in [1.54, 1.807) is 0 Å². The van der Waals surface area contributed by atoms with Crippen molar-refractivity contribution in [3.8, 4) is 11.5 Å². The number of ether oxygens (including phenoxy) is 2. The van der Waals surface area contributed by atoms with Crippen LogP contribution in [-0.2, 0) is 13.0 Å². The maximum Gasteiger partial charge on any atom is 0.165 e. The third-order valence-corrected chi connectivity index (χ3v) is 4.03. The van der Waals surface area contributed by atoms with Crippen LogP contribution in [0.5, 0.6) is 11.5 Å². The number of hydrogen-bond acceptors (Lipinski definition) is 4. The lowest BCUT2D eigenvalue weighted by molar-refractivity contribution is 0.169. The van der Waals surface area contributed by atoms with Crippen molar-refractivity contribution in [2.45, 2.75) is 13.0 Å². The highest BCUT2D eigenvalue weighted by Crippen LogP contribution is 2.33. The van der Waals surface area contributed by atoms with Crippen LogP contribution in [0.25, 0.3) is 0 Å². The molecular weight excluding hydrogens is 258 g/mol. The fraction of sp³-hybridized carbons (Fsp3) is 0.333. The van der Waals surface area contributed by atoms with Crippen molar-refractivity contribution in [3.63, 3.8) is 0 Å². The standard InChI is InChI=1S/C15H17NO2S/c1-3-12(15-14(5-1)17-8-9-18-15)11-16-7-6-13-4-2-10-19-13/h1-5,10,16H,6-9,11H2. The van der Waals surface area contributed by atoms with Crippen molar-refractivity contribution in [3.05, 3.63) is 46.2 Å². The Balaban J connectivity index is 1.55. The Hall–Kier alpha value is -1.52. The molecule has 1 aliphatic rings. The summed E-state index contributed by atoms with van der Waals surface area (Å²) in [5.41, 5.74) is 1.17. The molecule has 0 saturated heterocycles. The Kier molecular flexibility index (Phi) is 4.01. The fourth-order valence-electron chi connectivity index (χ4n) is 2.16. The van der Waals surface area contributed by atoms with Gasteiger partial charge in [-0.3, -0.25) is 0 Å². The minimum absolute atomic E-state index is 0.638. The third-order valence-electron chi connectivity index (χ3n) is 3.09. The largest absolute Gasteiger partial charge is 0.486 e. The van der Waals surface area contributed by atoms with E-state index in [9.17, 15) is 0 Å². The van der Waals surface area contributed by atoms with Crippen LogP contribution in [0.3, 0.4) is 0 Å². The minimum atomic E-state index is 0.638. The van der Waals surface area contributed by atoms with Crippen LogP contribution in [0.15, 0.2) is 35.7 Å². The van der Waals surface area contributed by atoms with Crippen LogP contribution in [0, 0.1) is 0 Å². The monoisotopic (exact) mass is 275 g/mol. The quantitative estimate of drug-likeness (QED) is 0.851. The van der Waals surface area contributed by atoms with Gasteiger partial charge in [0.2, 0.25) is 0 Å². The minimum Gasteiger partial charge on any atom is -0.486 e. The molecule has 0 spiro atoms. The number of nitrogens with one attached hydrogen (secondary N) is 1. The van der Waals surface area contributed by atoms with Crippen molar-refractivity contribution >= 4 is 11.3 Å². The average Bonchev–Trinajstić information content (AvgIpc) is 2.97. The smallest absolute Gasteiger partial charge is 0.165 e. The van der Waals surface area contributed by atoms with Crippen molar-refractivity contribution in [2.24, 2.45) is 0 Å². The van der Waals surface area contributed by atoms with E-state index in [0.29, 0.717) is 13.2 Å². The summed E-state index contributed by atoms with van der Waals surface area (Å²) in [4.78, 5) is 1.42. The molecule has 1 aromatic heterocycles. The van der Waals surface area contributed by atoms with Crippen molar-refractivity contribution in [2.75, 3.05) is 19.8 Å². The molecule has 0 amide bonds. The Morgan fingerprint density at radius 2 is 2.05 bits per heavy atom. The number of hydrogen-bond donors (Lipinski definition) is 1. The van der Waals surface area contributed by atoms with Gasteiger partial charge in [0.25, 0.3) is 0 Å². The first kappa shape index (κ1) is 12.5. The molecule has 2 aromatic rings. The topological polar surface area (TPSA) is 30.5 Å². The zero-order chi connectivity index (χ0) is 12.9. The number of rotatable bonds is 5. The van der Waals surface area contributed by atoms with E-state index >= 15 is 0 Å². The summed E-state index contributed by atoms with van der Waals surface area (Å²) in [6.45, 7) is 3.07. The van der Waals surface area contributed by atoms with E-state index < -0.39 is 0 Å². The van der Waals surface area contributed by atoms with E-state index in [2.05, 4.69) is 28.9 Å². The maximum atomic E-state index is 5.69. The highest BCUT2D eigenvalue weighted by atomic mass is 32.1. The molecule has 0 fully saturated rings. The molecule has 0 aliphatic carbocycles. The van der Waals surface area contributed by atoms with Crippen LogP contribution in [0.4, 0.5) is 0 Å². The lowest BCUT2D eigenvalue weighted by Crippen LogP contribution is -2.20. The van der Waals surface area contributed by atoms with Crippen LogP contribution < -0.4 is 14.8 Å². The summed E-state index contributed by atoms with van der Waals surface area (Å²) < 4.78 is 11.3. The van der Waals surface area contributed by atoms with E-state index in [0.717, 1.165) is 31.0 Å². The summed E-state index contributed by atoms with van der Waals surface area (Å²) in [5, 5.41) is 5.58. The average molecular weight is 275 g/mol. The molecule has 0 bridgehead atoms. The van der Waals surface area contributed by atoms with Gasteiger partial charge in [0, 0.05) is 23.5 Å². The summed E-state index contributed by atoms with van der Waals surface area (Å²) >= 11 is 1.81. The highest BCUT2D eigenvalue weighted by Gasteiger charge is 2.14. The molecule has 100 valence electrons. The molecule has 2 heterocycles. The van der Waals surface area contributed by atoms with Crippen molar-refractivity contribution in [1.29, 1.82) is 0 Å². The van der Waals surface area contributed by atoms with E-state index in [1.807, 2.05) is 23.5 Å². The molecular formula is C15H17NO2S. The number of para-hydroxylation sites is 1. The first-order chi connectivity index (χ1) is 9.43. The molecule has 4 heteroatoms. The van der Waals surface area contributed by atoms with Gasteiger partial charge in [-0.2, -0.15) is 0 Å². The lowest BCUT2D eigenvalue weighted by Gasteiger charge is -2.21. The number of benzene rings is 1. The molecule has 0 unspecified atom stereocenters. The zero-order valence-electron chi connectivity index (χ0n) is 10.7. The summed E-state index contributed by atoms with van der Waals surface area (Å²) in [6.07, 6.45) is 1.07. The SMILES string of the molecule is c1csc(CCNCc2cccc3c2OCCO3)c1. The molecule has 0 radical (unpaired) electrons. The summed E-state index contributed by atoms with van der Waals surface area (Å²) in [7, 11) is 0. The highest BCUT2D eigenvalue weighted by molar-refractivity contribution is 7.09. The normalized spacial score (nSPS) is 13.5. The Morgan fingerprint density at radius 3 is 2.95 bits per heavy atom. The summed E-state index contributed by atoms with van der Waals surface area (Å²) in [6, 6.07) is 10.3. The van der Waals surface area contributed by atoms with Crippen molar-refractivity contribution in [1.82, 2.24) is 5.32 Å². The number of fused-ring (bicyclic) bond motifs is 1. The molecule has 0 atom stereocenters. The predicted octanol–water partition coefficient (Wildman–Crippen LogP) is 2.85. The molecule has 3 rings (SSSR count). The van der Waals surface area contributed by atoms with Crippen LogP contribution in [0.2, 0.25) is 0 Å². The number of thiophene rings is 1. The van der Waals surface area contributed by atoms with Crippen LogP contribution in [0.1, 0.15) is 10.4 Å².